The van der Waals surface area contributed by atoms with Gasteiger partial charge in [-0.25, -0.2) is 0 Å². The third kappa shape index (κ3) is 1.36. The van der Waals surface area contributed by atoms with Gasteiger partial charge in [0.25, 0.3) is 0 Å². The van der Waals surface area contributed by atoms with Gasteiger partial charge in [-0.3, -0.25) is 0 Å². The highest BCUT2D eigenvalue weighted by Crippen LogP contribution is 2.25. The standard InChI is InChI=1S/C11H14N2O/c1-7-3-10-8(5-11(7)14-2)4-9(6-12)13-10/h3-5,13H,6,12H2,1-2H3. The number of aryl methyl sites for hydroxylation is 1. The molecule has 0 saturated carbocycles. The van der Waals surface area contributed by atoms with Crippen LogP contribution in [0.5, 0.6) is 5.75 Å². The zero-order valence-corrected chi connectivity index (χ0v) is 8.42. The molecule has 3 N–H and O–H groups in total. The van der Waals surface area contributed by atoms with E-state index in [1.165, 1.54) is 0 Å². The highest BCUT2D eigenvalue weighted by molar-refractivity contribution is 5.83. The molecular formula is C11H14N2O. The van der Waals surface area contributed by atoms with Crippen LogP contribution in [0.15, 0.2) is 18.2 Å². The summed E-state index contributed by atoms with van der Waals surface area (Å²) >= 11 is 0. The summed E-state index contributed by atoms with van der Waals surface area (Å²) in [5.41, 5.74) is 8.85. The molecule has 0 unspecified atom stereocenters. The van der Waals surface area contributed by atoms with E-state index in [4.69, 9.17) is 10.5 Å². The van der Waals surface area contributed by atoms with Gasteiger partial charge in [0.15, 0.2) is 0 Å². The lowest BCUT2D eigenvalue weighted by atomic mass is 10.1. The van der Waals surface area contributed by atoms with Crippen LogP contribution >= 0.6 is 0 Å². The second kappa shape index (κ2) is 3.35. The highest BCUT2D eigenvalue weighted by atomic mass is 16.5. The molecule has 14 heavy (non-hydrogen) atoms. The maximum Gasteiger partial charge on any atom is 0.122 e. The number of aromatic nitrogens is 1. The number of ether oxygens (including phenoxy) is 1. The number of hydrogen-bond acceptors (Lipinski definition) is 2. The molecule has 0 amide bonds. The molecule has 2 aromatic rings. The molecule has 0 aliphatic heterocycles. The first-order chi connectivity index (χ1) is 6.74. The van der Waals surface area contributed by atoms with Gasteiger partial charge in [0, 0.05) is 23.1 Å². The van der Waals surface area contributed by atoms with E-state index in [2.05, 4.69) is 17.1 Å². The smallest absolute Gasteiger partial charge is 0.122 e. The Morgan fingerprint density at radius 3 is 2.79 bits per heavy atom. The summed E-state index contributed by atoms with van der Waals surface area (Å²) < 4.78 is 5.25. The van der Waals surface area contributed by atoms with E-state index in [0.717, 1.165) is 27.9 Å². The van der Waals surface area contributed by atoms with Crippen LogP contribution in [0.1, 0.15) is 11.3 Å². The summed E-state index contributed by atoms with van der Waals surface area (Å²) in [6.07, 6.45) is 0. The van der Waals surface area contributed by atoms with Crippen molar-refractivity contribution < 1.29 is 4.74 Å². The van der Waals surface area contributed by atoms with E-state index >= 15 is 0 Å². The normalized spacial score (nSPS) is 10.8. The van der Waals surface area contributed by atoms with Crippen LogP contribution in [0.2, 0.25) is 0 Å². The van der Waals surface area contributed by atoms with Gasteiger partial charge < -0.3 is 15.5 Å². The summed E-state index contributed by atoms with van der Waals surface area (Å²) in [7, 11) is 1.69. The molecule has 0 saturated heterocycles. The van der Waals surface area contributed by atoms with Crippen molar-refractivity contribution in [2.45, 2.75) is 13.5 Å². The molecule has 74 valence electrons. The van der Waals surface area contributed by atoms with Gasteiger partial charge in [-0.15, -0.1) is 0 Å². The molecular weight excluding hydrogens is 176 g/mol. The summed E-state index contributed by atoms with van der Waals surface area (Å²) in [6, 6.07) is 6.16. The van der Waals surface area contributed by atoms with Gasteiger partial charge in [0.1, 0.15) is 5.75 Å². The van der Waals surface area contributed by atoms with E-state index in [-0.39, 0.29) is 0 Å². The molecule has 0 aliphatic carbocycles. The first-order valence-corrected chi connectivity index (χ1v) is 4.61. The van der Waals surface area contributed by atoms with Crippen molar-refractivity contribution in [2.75, 3.05) is 7.11 Å². The molecule has 0 fully saturated rings. The summed E-state index contributed by atoms with van der Waals surface area (Å²) in [5.74, 6) is 0.917. The van der Waals surface area contributed by atoms with E-state index < -0.39 is 0 Å². The summed E-state index contributed by atoms with van der Waals surface area (Å²) in [6.45, 7) is 2.57. The van der Waals surface area contributed by atoms with Crippen molar-refractivity contribution in [2.24, 2.45) is 5.73 Å². The Balaban J connectivity index is 2.64. The third-order valence-electron chi connectivity index (χ3n) is 2.41. The average molecular weight is 190 g/mol. The van der Waals surface area contributed by atoms with Crippen molar-refractivity contribution in [3.8, 4) is 5.75 Å². The van der Waals surface area contributed by atoms with Gasteiger partial charge in [-0.2, -0.15) is 0 Å². The number of nitrogens with one attached hydrogen (secondary N) is 1. The first kappa shape index (κ1) is 9.09. The Hall–Kier alpha value is -1.48. The molecule has 1 aromatic heterocycles. The van der Waals surface area contributed by atoms with Crippen LogP contribution in [-0.2, 0) is 6.54 Å². The molecule has 0 atom stereocenters. The predicted octanol–water partition coefficient (Wildman–Crippen LogP) is 1.94. The van der Waals surface area contributed by atoms with Crippen LogP contribution in [-0.4, -0.2) is 12.1 Å². The van der Waals surface area contributed by atoms with Crippen LogP contribution in [0.25, 0.3) is 10.9 Å². The van der Waals surface area contributed by atoms with Gasteiger partial charge in [0.05, 0.1) is 7.11 Å². The molecule has 3 heteroatoms. The summed E-state index contributed by atoms with van der Waals surface area (Å²) in [4.78, 5) is 3.26. The Morgan fingerprint density at radius 1 is 1.36 bits per heavy atom. The molecule has 1 aromatic carbocycles. The van der Waals surface area contributed by atoms with Gasteiger partial charge in [-0.1, -0.05) is 0 Å². The number of nitrogens with two attached hydrogens (primary N) is 1. The quantitative estimate of drug-likeness (QED) is 0.760. The Labute approximate surface area is 82.9 Å². The van der Waals surface area contributed by atoms with Gasteiger partial charge in [-0.05, 0) is 30.7 Å². The van der Waals surface area contributed by atoms with Crippen LogP contribution in [0.4, 0.5) is 0 Å². The molecule has 0 spiro atoms. The van der Waals surface area contributed by atoms with Crippen LogP contribution in [0.3, 0.4) is 0 Å². The largest absolute Gasteiger partial charge is 0.496 e. The Kier molecular flexibility index (Phi) is 2.17. The van der Waals surface area contributed by atoms with Crippen molar-refractivity contribution in [1.82, 2.24) is 4.98 Å². The predicted molar refractivity (Wildman–Crippen MR) is 57.5 cm³/mol. The zero-order valence-electron chi connectivity index (χ0n) is 8.42. The number of methoxy groups -OCH3 is 1. The van der Waals surface area contributed by atoms with Gasteiger partial charge >= 0.3 is 0 Å². The van der Waals surface area contributed by atoms with Crippen molar-refractivity contribution in [3.05, 3.63) is 29.5 Å². The van der Waals surface area contributed by atoms with E-state index in [0.29, 0.717) is 6.54 Å². The Bertz CT molecular complexity index is 460. The third-order valence-corrected chi connectivity index (χ3v) is 2.41. The van der Waals surface area contributed by atoms with Crippen molar-refractivity contribution in [3.63, 3.8) is 0 Å². The maximum atomic E-state index is 5.56. The average Bonchev–Trinajstić information content (AvgIpc) is 2.58. The number of aromatic amines is 1. The number of benzene rings is 1. The molecule has 3 nitrogen and oxygen atoms in total. The lowest BCUT2D eigenvalue weighted by Gasteiger charge is -2.03. The lowest BCUT2D eigenvalue weighted by Crippen LogP contribution is -1.94. The van der Waals surface area contributed by atoms with Crippen LogP contribution in [0, 0.1) is 6.92 Å². The molecule has 2 rings (SSSR count). The first-order valence-electron chi connectivity index (χ1n) is 4.61. The number of H-pyrrole nitrogens is 1. The SMILES string of the molecule is COc1cc2cc(CN)[nH]c2cc1C. The fourth-order valence-corrected chi connectivity index (χ4v) is 1.66. The monoisotopic (exact) mass is 190 g/mol. The minimum absolute atomic E-state index is 0.538. The second-order valence-corrected chi connectivity index (χ2v) is 3.41. The van der Waals surface area contributed by atoms with E-state index in [1.54, 1.807) is 7.11 Å². The fraction of sp³-hybridized carbons (Fsp3) is 0.273. The van der Waals surface area contributed by atoms with E-state index in [9.17, 15) is 0 Å². The van der Waals surface area contributed by atoms with Gasteiger partial charge in [0.2, 0.25) is 0 Å². The molecule has 1 heterocycles. The maximum absolute atomic E-state index is 5.56. The van der Waals surface area contributed by atoms with E-state index in [1.807, 2.05) is 13.0 Å². The number of fused-ring (bicyclic) bond motifs is 1. The van der Waals surface area contributed by atoms with Crippen molar-refractivity contribution >= 4 is 10.9 Å². The molecule has 0 aliphatic rings. The Morgan fingerprint density at radius 2 is 2.14 bits per heavy atom. The van der Waals surface area contributed by atoms with Crippen molar-refractivity contribution in [1.29, 1.82) is 0 Å². The number of hydrogen-bond donors (Lipinski definition) is 2. The highest BCUT2D eigenvalue weighted by Gasteiger charge is 2.04. The topological polar surface area (TPSA) is 51.0 Å². The molecule has 0 bridgehead atoms. The number of rotatable bonds is 2. The lowest BCUT2D eigenvalue weighted by molar-refractivity contribution is 0.412. The fourth-order valence-electron chi connectivity index (χ4n) is 1.66. The van der Waals surface area contributed by atoms with Crippen LogP contribution < -0.4 is 10.5 Å². The minimum atomic E-state index is 0.538. The summed E-state index contributed by atoms with van der Waals surface area (Å²) in [5, 5.41) is 1.15. The minimum Gasteiger partial charge on any atom is -0.496 e. The second-order valence-electron chi connectivity index (χ2n) is 3.41. The molecule has 0 radical (unpaired) electrons. The zero-order chi connectivity index (χ0) is 10.1.